The predicted octanol–water partition coefficient (Wildman–Crippen LogP) is 2.45. The summed E-state index contributed by atoms with van der Waals surface area (Å²) in [6.07, 6.45) is -0.723. The molecule has 0 radical (unpaired) electrons. The van der Waals surface area contributed by atoms with Crippen LogP contribution < -0.4 is 5.32 Å². The first-order valence-corrected chi connectivity index (χ1v) is 7.25. The highest BCUT2D eigenvalue weighted by Gasteiger charge is 2.20. The van der Waals surface area contributed by atoms with E-state index >= 15 is 0 Å². The summed E-state index contributed by atoms with van der Waals surface area (Å²) in [5, 5.41) is 2.34. The number of amides is 2. The summed E-state index contributed by atoms with van der Waals surface area (Å²) in [4.78, 5) is 37.4. The number of nitrogens with zero attached hydrogens (tertiary/aromatic N) is 1. The number of amidine groups is 1. The summed E-state index contributed by atoms with van der Waals surface area (Å²) in [6.45, 7) is 10.2. The van der Waals surface area contributed by atoms with Gasteiger partial charge in [0, 0.05) is 6.42 Å². The zero-order valence-corrected chi connectivity index (χ0v) is 14.6. The van der Waals surface area contributed by atoms with E-state index in [4.69, 9.17) is 14.2 Å². The number of rotatable bonds is 5. The van der Waals surface area contributed by atoms with Crippen LogP contribution in [0.5, 0.6) is 0 Å². The van der Waals surface area contributed by atoms with E-state index in [0.717, 1.165) is 0 Å². The normalized spacial score (nSPS) is 12.5. The molecule has 0 saturated heterocycles. The van der Waals surface area contributed by atoms with Crippen LogP contribution in [0.15, 0.2) is 4.99 Å². The van der Waals surface area contributed by atoms with Crippen LogP contribution in [-0.4, -0.2) is 48.7 Å². The summed E-state index contributed by atoms with van der Waals surface area (Å²) >= 11 is 0. The van der Waals surface area contributed by atoms with E-state index in [-0.39, 0.29) is 25.5 Å². The molecule has 8 heteroatoms. The fraction of sp³-hybridized carbons (Fsp3) is 0.733. The first kappa shape index (κ1) is 21.0. The molecule has 0 atom stereocenters. The number of alkyl carbamates (subject to hydrolysis) is 1. The van der Waals surface area contributed by atoms with Crippen molar-refractivity contribution in [2.45, 2.75) is 59.2 Å². The fourth-order valence-electron chi connectivity index (χ4n) is 1.21. The average molecular weight is 330 g/mol. The van der Waals surface area contributed by atoms with Crippen molar-refractivity contribution in [3.63, 3.8) is 0 Å². The van der Waals surface area contributed by atoms with Crippen molar-refractivity contribution in [3.05, 3.63) is 0 Å². The topological polar surface area (TPSA) is 103 Å². The van der Waals surface area contributed by atoms with Crippen LogP contribution in [0.3, 0.4) is 0 Å². The van der Waals surface area contributed by atoms with E-state index in [1.807, 2.05) is 0 Å². The van der Waals surface area contributed by atoms with Gasteiger partial charge in [0.25, 0.3) is 0 Å². The Balaban J connectivity index is 4.82. The lowest BCUT2D eigenvalue weighted by molar-refractivity contribution is -0.108. The third kappa shape index (κ3) is 13.4. The van der Waals surface area contributed by atoms with E-state index in [1.54, 1.807) is 41.5 Å². The van der Waals surface area contributed by atoms with Crippen LogP contribution in [-0.2, 0) is 19.0 Å². The zero-order chi connectivity index (χ0) is 18.1. The molecule has 0 rings (SSSR count). The van der Waals surface area contributed by atoms with Crippen molar-refractivity contribution in [1.29, 1.82) is 0 Å². The third-order valence-corrected chi connectivity index (χ3v) is 1.88. The number of hydrogen-bond acceptors (Lipinski definition) is 6. The van der Waals surface area contributed by atoms with Crippen LogP contribution in [0, 0.1) is 0 Å². The Morgan fingerprint density at radius 1 is 1.04 bits per heavy atom. The maximum absolute atomic E-state index is 11.7. The minimum Gasteiger partial charge on any atom is -0.444 e. The van der Waals surface area contributed by atoms with Gasteiger partial charge in [0.05, 0.1) is 6.61 Å². The van der Waals surface area contributed by atoms with Crippen LogP contribution in [0.25, 0.3) is 0 Å². The summed E-state index contributed by atoms with van der Waals surface area (Å²) in [5.41, 5.74) is -1.41. The highest BCUT2D eigenvalue weighted by Crippen LogP contribution is 2.09. The zero-order valence-electron chi connectivity index (χ0n) is 14.6. The number of nitrogens with one attached hydrogen (secondary N) is 1. The first-order chi connectivity index (χ1) is 10.4. The van der Waals surface area contributed by atoms with Gasteiger partial charge >= 0.3 is 12.2 Å². The number of aldehydes is 1. The SMILES string of the molecule is CC(C)(C)OC(=O)N=C(COCCC=O)NC(=O)OC(C)(C)C. The third-order valence-electron chi connectivity index (χ3n) is 1.88. The summed E-state index contributed by atoms with van der Waals surface area (Å²) in [6, 6.07) is 0. The molecule has 0 heterocycles. The smallest absolute Gasteiger partial charge is 0.435 e. The standard InChI is InChI=1S/C15H26N2O6/c1-14(2,3)22-12(19)16-11(10-21-9-7-8-18)17-13(20)23-15(4,5)6/h8H,7,9-10H2,1-6H3,(H,16,17,19,20). The second-order valence-corrected chi connectivity index (χ2v) is 6.67. The Morgan fingerprint density at radius 3 is 2.09 bits per heavy atom. The van der Waals surface area contributed by atoms with Gasteiger partial charge < -0.3 is 19.0 Å². The van der Waals surface area contributed by atoms with Gasteiger partial charge in [-0.05, 0) is 41.5 Å². The van der Waals surface area contributed by atoms with Crippen molar-refractivity contribution in [3.8, 4) is 0 Å². The highest BCUT2D eigenvalue weighted by molar-refractivity contribution is 6.00. The number of ether oxygens (including phenoxy) is 3. The number of aliphatic imine (C=N–C) groups is 1. The number of hydrogen-bond donors (Lipinski definition) is 1. The lowest BCUT2D eigenvalue weighted by atomic mass is 10.2. The van der Waals surface area contributed by atoms with Crippen molar-refractivity contribution in [1.82, 2.24) is 5.32 Å². The fourth-order valence-corrected chi connectivity index (χ4v) is 1.21. The van der Waals surface area contributed by atoms with Gasteiger partial charge in [-0.3, -0.25) is 5.32 Å². The van der Waals surface area contributed by atoms with Gasteiger partial charge in [-0.1, -0.05) is 0 Å². The van der Waals surface area contributed by atoms with Crippen LogP contribution in [0.1, 0.15) is 48.0 Å². The molecule has 0 aromatic rings. The van der Waals surface area contributed by atoms with Gasteiger partial charge in [0.2, 0.25) is 0 Å². The predicted molar refractivity (Wildman–Crippen MR) is 84.5 cm³/mol. The van der Waals surface area contributed by atoms with Gasteiger partial charge in [-0.15, -0.1) is 0 Å². The molecule has 0 fully saturated rings. The molecule has 0 bridgehead atoms. The molecule has 0 aliphatic rings. The molecule has 0 aromatic heterocycles. The van der Waals surface area contributed by atoms with Crippen molar-refractivity contribution in [2.24, 2.45) is 4.99 Å². The monoisotopic (exact) mass is 330 g/mol. The molecule has 0 saturated carbocycles. The van der Waals surface area contributed by atoms with Crippen molar-refractivity contribution < 1.29 is 28.6 Å². The van der Waals surface area contributed by atoms with E-state index in [9.17, 15) is 14.4 Å². The molecule has 132 valence electrons. The Bertz CT molecular complexity index is 446. The molecule has 23 heavy (non-hydrogen) atoms. The van der Waals surface area contributed by atoms with Gasteiger partial charge in [-0.2, -0.15) is 4.99 Å². The molecule has 0 aliphatic heterocycles. The van der Waals surface area contributed by atoms with Crippen molar-refractivity contribution >= 4 is 24.3 Å². The van der Waals surface area contributed by atoms with Crippen molar-refractivity contribution in [2.75, 3.05) is 13.2 Å². The summed E-state index contributed by atoms with van der Waals surface area (Å²) < 4.78 is 15.3. The van der Waals surface area contributed by atoms with E-state index in [0.29, 0.717) is 6.29 Å². The molecule has 0 aliphatic carbocycles. The van der Waals surface area contributed by atoms with Crippen LogP contribution >= 0.6 is 0 Å². The van der Waals surface area contributed by atoms with Gasteiger partial charge in [0.1, 0.15) is 29.9 Å². The molecule has 2 amide bonds. The molecule has 0 aromatic carbocycles. The van der Waals surface area contributed by atoms with Gasteiger partial charge in [-0.25, -0.2) is 9.59 Å². The molecule has 0 spiro atoms. The second kappa shape index (κ2) is 9.24. The summed E-state index contributed by atoms with van der Waals surface area (Å²) in [7, 11) is 0. The van der Waals surface area contributed by atoms with Crippen LogP contribution in [0.4, 0.5) is 9.59 Å². The van der Waals surface area contributed by atoms with Gasteiger partial charge in [0.15, 0.2) is 0 Å². The molecule has 0 unspecified atom stereocenters. The highest BCUT2D eigenvalue weighted by atomic mass is 16.6. The Morgan fingerprint density at radius 2 is 1.61 bits per heavy atom. The maximum atomic E-state index is 11.7. The Kier molecular flexibility index (Phi) is 8.45. The largest absolute Gasteiger partial charge is 0.444 e. The lowest BCUT2D eigenvalue weighted by Gasteiger charge is -2.20. The Hall–Kier alpha value is -1.96. The van der Waals surface area contributed by atoms with E-state index < -0.39 is 23.4 Å². The lowest BCUT2D eigenvalue weighted by Crippen LogP contribution is -2.39. The molecular weight excluding hydrogens is 304 g/mol. The molecule has 8 nitrogen and oxygen atoms in total. The minimum atomic E-state index is -0.859. The number of carbonyl (C=O) groups is 3. The van der Waals surface area contributed by atoms with E-state index in [1.165, 1.54) is 0 Å². The minimum absolute atomic E-state index is 0.0561. The quantitative estimate of drug-likeness (QED) is 0.359. The second-order valence-electron chi connectivity index (χ2n) is 6.67. The Labute approximate surface area is 136 Å². The first-order valence-electron chi connectivity index (χ1n) is 7.25. The maximum Gasteiger partial charge on any atom is 0.435 e. The number of carbonyl (C=O) groups excluding carboxylic acids is 3. The molecule has 1 N–H and O–H groups in total. The van der Waals surface area contributed by atoms with Crippen LogP contribution in [0.2, 0.25) is 0 Å². The average Bonchev–Trinajstić information content (AvgIpc) is 2.29. The summed E-state index contributed by atoms with van der Waals surface area (Å²) in [5.74, 6) is -0.0561. The van der Waals surface area contributed by atoms with E-state index in [2.05, 4.69) is 10.3 Å². The molecular formula is C15H26N2O6.